The summed E-state index contributed by atoms with van der Waals surface area (Å²) in [6.07, 6.45) is -4.44. The predicted molar refractivity (Wildman–Crippen MR) is 61.0 cm³/mol. The van der Waals surface area contributed by atoms with E-state index in [9.17, 15) is 13.9 Å². The minimum Gasteiger partial charge on any atom is -0.391 e. The third kappa shape index (κ3) is 12.8. The zero-order valence-corrected chi connectivity index (χ0v) is 11.8. The zero-order valence-electron chi connectivity index (χ0n) is 10.0. The number of hydrogen-bond donors (Lipinski definition) is 8. The van der Waals surface area contributed by atoms with E-state index in [4.69, 9.17) is 40.0 Å². The molecule has 14 heteroatoms. The largest absolute Gasteiger partial charge is 0.478 e. The van der Waals surface area contributed by atoms with Gasteiger partial charge in [0.2, 0.25) is 0 Å². The van der Waals surface area contributed by atoms with Gasteiger partial charge in [-0.2, -0.15) is 4.31 Å². The zero-order chi connectivity index (χ0) is 16.7. The molecule has 0 rings (SSSR count). The normalized spacial score (nSPS) is 16.6. The van der Waals surface area contributed by atoms with Crippen molar-refractivity contribution in [1.29, 1.82) is 0 Å². The van der Waals surface area contributed by atoms with E-state index in [1.54, 1.807) is 0 Å². The maximum absolute atomic E-state index is 10.5. The van der Waals surface area contributed by atoms with Crippen molar-refractivity contribution < 1.29 is 58.2 Å². The molecule has 12 nitrogen and oxygen atoms in total. The number of phosphoric acid groups is 2. The molecule has 8 N–H and O–H groups in total. The summed E-state index contributed by atoms with van der Waals surface area (Å²) in [6, 6.07) is 0. The highest BCUT2D eigenvalue weighted by atomic mass is 31.3. The second-order valence-corrected chi connectivity index (χ2v) is 5.98. The van der Waals surface area contributed by atoms with Gasteiger partial charge >= 0.3 is 15.6 Å². The van der Waals surface area contributed by atoms with Crippen LogP contribution in [0.25, 0.3) is 0 Å². The lowest BCUT2D eigenvalue weighted by Crippen LogP contribution is -2.42. The molecule has 0 heterocycles. The van der Waals surface area contributed by atoms with Gasteiger partial charge in [0.15, 0.2) is 5.78 Å². The van der Waals surface area contributed by atoms with E-state index in [-0.39, 0.29) is 0 Å². The van der Waals surface area contributed by atoms with Crippen LogP contribution in [0.2, 0.25) is 0 Å². The molecule has 0 unspecified atom stereocenters. The van der Waals surface area contributed by atoms with Gasteiger partial charge in [-0.05, 0) is 6.92 Å². The van der Waals surface area contributed by atoms with Gasteiger partial charge in [0.25, 0.3) is 0 Å². The molecule has 122 valence electrons. The molecule has 0 aliphatic carbocycles. The Balaban J connectivity index is 0. The summed E-state index contributed by atoms with van der Waals surface area (Å²) in [5, 5.41) is 34.6. The quantitative estimate of drug-likeness (QED) is 0.224. The molecule has 0 saturated carbocycles. The van der Waals surface area contributed by atoms with Crippen LogP contribution in [0.15, 0.2) is 0 Å². The molecule has 0 aromatic heterocycles. The van der Waals surface area contributed by atoms with Crippen LogP contribution >= 0.6 is 15.6 Å². The Kier molecular flexibility index (Phi) is 9.84. The molecule has 0 aliphatic rings. The van der Waals surface area contributed by atoms with Gasteiger partial charge in [0, 0.05) is 0 Å². The van der Waals surface area contributed by atoms with Crippen LogP contribution in [-0.4, -0.2) is 70.7 Å². The van der Waals surface area contributed by atoms with Crippen LogP contribution in [0.3, 0.4) is 0 Å². The molecule has 0 aromatic rings. The van der Waals surface area contributed by atoms with Gasteiger partial charge in [-0.25, -0.2) is 9.13 Å². The highest BCUT2D eigenvalue weighted by molar-refractivity contribution is 7.60. The lowest BCUT2D eigenvalue weighted by Gasteiger charge is -2.17. The summed E-state index contributed by atoms with van der Waals surface area (Å²) < 4.78 is 22.2. The van der Waals surface area contributed by atoms with Gasteiger partial charge in [-0.3, -0.25) is 4.79 Å². The van der Waals surface area contributed by atoms with Crippen LogP contribution in [0.1, 0.15) is 6.92 Å². The monoisotopic (exact) mass is 342 g/mol. The summed E-state index contributed by atoms with van der Waals surface area (Å²) in [5.41, 5.74) is 0. The maximum Gasteiger partial charge on any atom is 0.478 e. The van der Waals surface area contributed by atoms with Gasteiger partial charge in [0.1, 0.15) is 18.8 Å². The first kappa shape index (κ1) is 22.1. The molecule has 0 amide bonds. The SMILES string of the molecule is C[C@@H](O)[C@H](O)[C@@H](O)C(=O)CO.O=P(O)(O)OP(=O)(O)O. The highest BCUT2D eigenvalue weighted by Crippen LogP contribution is 2.53. The van der Waals surface area contributed by atoms with Crippen molar-refractivity contribution in [3.8, 4) is 0 Å². The smallest absolute Gasteiger partial charge is 0.391 e. The lowest BCUT2D eigenvalue weighted by molar-refractivity contribution is -0.140. The van der Waals surface area contributed by atoms with Gasteiger partial charge in [0.05, 0.1) is 6.10 Å². The van der Waals surface area contributed by atoms with Crippen molar-refractivity contribution >= 4 is 21.4 Å². The number of aliphatic hydroxyl groups is 4. The first-order valence-corrected chi connectivity index (χ1v) is 7.77. The number of ketones is 1. The first-order valence-electron chi connectivity index (χ1n) is 4.71. The van der Waals surface area contributed by atoms with Crippen LogP contribution < -0.4 is 0 Å². The van der Waals surface area contributed by atoms with Gasteiger partial charge in [-0.1, -0.05) is 0 Å². The lowest BCUT2D eigenvalue weighted by atomic mass is 10.1. The molecular weight excluding hydrogens is 326 g/mol. The Morgan fingerprint density at radius 3 is 1.55 bits per heavy atom. The van der Waals surface area contributed by atoms with E-state index in [0.717, 1.165) is 0 Å². The van der Waals surface area contributed by atoms with E-state index in [1.807, 2.05) is 0 Å². The molecule has 3 atom stereocenters. The second-order valence-electron chi connectivity index (χ2n) is 3.36. The average Bonchev–Trinajstić information content (AvgIpc) is 2.21. The van der Waals surface area contributed by atoms with E-state index < -0.39 is 46.3 Å². The van der Waals surface area contributed by atoms with Crippen LogP contribution in [0, 0.1) is 0 Å². The molecule has 0 spiro atoms. The highest BCUT2D eigenvalue weighted by Gasteiger charge is 2.28. The van der Waals surface area contributed by atoms with Gasteiger partial charge < -0.3 is 40.0 Å². The van der Waals surface area contributed by atoms with Gasteiger partial charge in [-0.15, -0.1) is 0 Å². The van der Waals surface area contributed by atoms with Crippen molar-refractivity contribution in [1.82, 2.24) is 0 Å². The van der Waals surface area contributed by atoms with E-state index in [1.165, 1.54) is 6.92 Å². The molecule has 0 fully saturated rings. The number of rotatable bonds is 6. The van der Waals surface area contributed by atoms with Crippen LogP contribution in [-0.2, 0) is 18.2 Å². The number of Topliss-reactive ketones (excluding diaryl/α,β-unsaturated/α-hetero) is 1. The Labute approximate surface area is 112 Å². The molecule has 0 aromatic carbocycles. The first-order chi connectivity index (χ1) is 8.71. The van der Waals surface area contributed by atoms with E-state index in [2.05, 4.69) is 4.31 Å². The third-order valence-electron chi connectivity index (χ3n) is 1.52. The number of carbonyl (C=O) groups is 1. The van der Waals surface area contributed by atoms with Crippen molar-refractivity contribution in [3.63, 3.8) is 0 Å². The molecular formula is C6H16O12P2. The number of aliphatic hydroxyl groups excluding tert-OH is 4. The minimum absolute atomic E-state index is 0.842. The van der Waals surface area contributed by atoms with Crippen molar-refractivity contribution in [2.24, 2.45) is 0 Å². The summed E-state index contributed by atoms with van der Waals surface area (Å²) in [7, 11) is -10.1. The Morgan fingerprint density at radius 1 is 1.05 bits per heavy atom. The molecule has 20 heavy (non-hydrogen) atoms. The fraction of sp³-hybridized carbons (Fsp3) is 0.833. The number of hydrogen-bond acceptors (Lipinski definition) is 8. The van der Waals surface area contributed by atoms with E-state index in [0.29, 0.717) is 0 Å². The summed E-state index contributed by atoms with van der Waals surface area (Å²) >= 11 is 0. The van der Waals surface area contributed by atoms with E-state index >= 15 is 0 Å². The second kappa shape index (κ2) is 8.93. The van der Waals surface area contributed by atoms with Crippen LogP contribution in [0.5, 0.6) is 0 Å². The van der Waals surface area contributed by atoms with Crippen molar-refractivity contribution in [2.75, 3.05) is 6.61 Å². The molecule has 0 bridgehead atoms. The topological polar surface area (TPSA) is 222 Å². The Bertz CT molecular complexity index is 361. The predicted octanol–water partition coefficient (Wildman–Crippen LogP) is -3.16. The maximum atomic E-state index is 10.5. The summed E-state index contributed by atoms with van der Waals surface area (Å²) in [4.78, 5) is 41.5. The molecule has 0 radical (unpaired) electrons. The van der Waals surface area contributed by atoms with Crippen molar-refractivity contribution in [2.45, 2.75) is 25.2 Å². The fourth-order valence-electron chi connectivity index (χ4n) is 0.686. The molecule has 0 saturated heterocycles. The summed E-state index contributed by atoms with van der Waals surface area (Å²) in [6.45, 7) is 0.392. The molecule has 0 aliphatic heterocycles. The minimum atomic E-state index is -5.05. The third-order valence-corrected chi connectivity index (χ3v) is 3.22. The standard InChI is InChI=1S/C6H12O5.H4O7P2/c1-3(8)5(10)6(11)4(9)2-7;1-8(2,3)7-9(4,5)6/h3,5-8,10-11H,2H2,1H3;(H2,1,2,3)(H2,4,5,6)/t3-,5+,6+;/m1./s1. The van der Waals surface area contributed by atoms with Crippen molar-refractivity contribution in [3.05, 3.63) is 0 Å². The Hall–Kier alpha value is -0.230. The average molecular weight is 342 g/mol. The number of carbonyl (C=O) groups excluding carboxylic acids is 1. The fourth-order valence-corrected chi connectivity index (χ4v) is 1.79. The van der Waals surface area contributed by atoms with Crippen LogP contribution in [0.4, 0.5) is 0 Å². The Morgan fingerprint density at radius 2 is 1.40 bits per heavy atom. The summed E-state index contributed by atoms with van der Waals surface area (Å²) in [5.74, 6) is -0.904.